The summed E-state index contributed by atoms with van der Waals surface area (Å²) in [7, 11) is 1.52. The summed E-state index contributed by atoms with van der Waals surface area (Å²) in [4.78, 5) is 0. The minimum atomic E-state index is 0.0718. The Kier molecular flexibility index (Phi) is 4.47. The van der Waals surface area contributed by atoms with E-state index in [1.54, 1.807) is 18.2 Å². The number of nitrogens with one attached hydrogen (secondary N) is 2. The Labute approximate surface area is 135 Å². The van der Waals surface area contributed by atoms with Gasteiger partial charge in [0.15, 0.2) is 16.6 Å². The smallest absolute Gasteiger partial charge is 0.187 e. The molecule has 0 spiro atoms. The van der Waals surface area contributed by atoms with Gasteiger partial charge in [-0.25, -0.2) is 0 Å². The lowest BCUT2D eigenvalue weighted by Gasteiger charge is -2.23. The first-order valence-corrected chi connectivity index (χ1v) is 8.03. The number of para-hydroxylation sites is 1. The molecule has 3 rings (SSSR count). The van der Waals surface area contributed by atoms with Crippen LogP contribution in [0.4, 0.5) is 0 Å². The van der Waals surface area contributed by atoms with E-state index in [1.165, 1.54) is 39.0 Å². The van der Waals surface area contributed by atoms with E-state index in [-0.39, 0.29) is 5.75 Å². The maximum Gasteiger partial charge on any atom is 0.187 e. The number of phenolic OH excluding ortho intramolecular Hbond substituents is 1. The van der Waals surface area contributed by atoms with Crippen LogP contribution in [0.1, 0.15) is 31.2 Å². The van der Waals surface area contributed by atoms with Crippen LogP contribution in [0.15, 0.2) is 23.3 Å². The van der Waals surface area contributed by atoms with Crippen molar-refractivity contribution in [2.45, 2.75) is 31.7 Å². The Morgan fingerprint density at radius 3 is 2.95 bits per heavy atom. The molecule has 1 aromatic carbocycles. The Hall–Kier alpha value is -1.82. The number of phenols is 1. The molecule has 0 unspecified atom stereocenters. The summed E-state index contributed by atoms with van der Waals surface area (Å²) < 4.78 is 5.06. The zero-order valence-corrected chi connectivity index (χ0v) is 13.4. The minimum Gasteiger partial charge on any atom is -0.504 e. The van der Waals surface area contributed by atoms with Crippen LogP contribution in [0.2, 0.25) is 0 Å². The van der Waals surface area contributed by atoms with Crippen molar-refractivity contribution in [2.24, 2.45) is 16.9 Å². The number of benzene rings is 1. The van der Waals surface area contributed by atoms with E-state index in [2.05, 4.69) is 15.8 Å². The van der Waals surface area contributed by atoms with Crippen molar-refractivity contribution >= 4 is 23.5 Å². The second-order valence-corrected chi connectivity index (χ2v) is 6.43. The Morgan fingerprint density at radius 1 is 1.41 bits per heavy atom. The average molecular weight is 319 g/mol. The van der Waals surface area contributed by atoms with E-state index in [0.717, 1.165) is 11.8 Å². The molecule has 118 valence electrons. The predicted octanol–water partition coefficient (Wildman–Crippen LogP) is 2.39. The van der Waals surface area contributed by atoms with Crippen molar-refractivity contribution in [3.05, 3.63) is 23.8 Å². The molecule has 1 aromatic rings. The summed E-state index contributed by atoms with van der Waals surface area (Å²) in [6.45, 7) is 0. The number of hydrogen-bond donors (Lipinski definition) is 3. The normalized spacial score (nSPS) is 26.3. The zero-order valence-electron chi connectivity index (χ0n) is 12.6. The first-order chi connectivity index (χ1) is 10.7. The van der Waals surface area contributed by atoms with Crippen molar-refractivity contribution in [1.82, 2.24) is 10.7 Å². The number of rotatable bonds is 4. The summed E-state index contributed by atoms with van der Waals surface area (Å²) in [5, 5.41) is 17.9. The molecule has 3 N–H and O–H groups in total. The third-order valence-electron chi connectivity index (χ3n) is 4.67. The van der Waals surface area contributed by atoms with E-state index < -0.39 is 0 Å². The van der Waals surface area contributed by atoms with E-state index in [1.807, 2.05) is 0 Å². The van der Waals surface area contributed by atoms with Crippen molar-refractivity contribution < 1.29 is 9.84 Å². The van der Waals surface area contributed by atoms with Gasteiger partial charge in [-0.2, -0.15) is 5.10 Å². The van der Waals surface area contributed by atoms with Crippen molar-refractivity contribution in [3.63, 3.8) is 0 Å². The summed E-state index contributed by atoms with van der Waals surface area (Å²) in [5.74, 6) is 2.13. The molecular weight excluding hydrogens is 298 g/mol. The fraction of sp³-hybridized carbons (Fsp3) is 0.500. The van der Waals surface area contributed by atoms with Crippen LogP contribution in [0, 0.1) is 11.8 Å². The highest BCUT2D eigenvalue weighted by Gasteiger charge is 2.39. The minimum absolute atomic E-state index is 0.0718. The highest BCUT2D eigenvalue weighted by atomic mass is 32.1. The molecule has 0 aliphatic heterocycles. The quantitative estimate of drug-likeness (QED) is 0.452. The zero-order chi connectivity index (χ0) is 15.5. The summed E-state index contributed by atoms with van der Waals surface area (Å²) >= 11 is 5.28. The second kappa shape index (κ2) is 6.52. The first kappa shape index (κ1) is 15.1. The summed E-state index contributed by atoms with van der Waals surface area (Å²) in [6, 6.07) is 5.74. The van der Waals surface area contributed by atoms with Gasteiger partial charge in [0.05, 0.1) is 13.3 Å². The topological polar surface area (TPSA) is 65.9 Å². The van der Waals surface area contributed by atoms with Crippen molar-refractivity contribution in [1.29, 1.82) is 0 Å². The maximum absolute atomic E-state index is 9.96. The lowest BCUT2D eigenvalue weighted by atomic mass is 9.96. The van der Waals surface area contributed by atoms with Crippen LogP contribution in [0.3, 0.4) is 0 Å². The van der Waals surface area contributed by atoms with E-state index >= 15 is 0 Å². The molecule has 5 nitrogen and oxygen atoms in total. The van der Waals surface area contributed by atoms with Gasteiger partial charge in [0.1, 0.15) is 0 Å². The van der Waals surface area contributed by atoms with Gasteiger partial charge in [-0.05, 0) is 55.4 Å². The molecule has 0 amide bonds. The molecule has 3 atom stereocenters. The number of thiocarbonyl (C=S) groups is 1. The van der Waals surface area contributed by atoms with Crippen molar-refractivity contribution in [2.75, 3.05) is 7.11 Å². The Bertz CT molecular complexity index is 591. The fourth-order valence-electron chi connectivity index (χ4n) is 3.59. The van der Waals surface area contributed by atoms with Gasteiger partial charge in [-0.3, -0.25) is 5.43 Å². The van der Waals surface area contributed by atoms with Gasteiger partial charge >= 0.3 is 0 Å². The number of hydrazone groups is 1. The monoisotopic (exact) mass is 319 g/mol. The molecule has 6 heteroatoms. The number of aromatic hydroxyl groups is 1. The van der Waals surface area contributed by atoms with Crippen LogP contribution in [0.25, 0.3) is 0 Å². The van der Waals surface area contributed by atoms with Crippen LogP contribution in [-0.2, 0) is 0 Å². The van der Waals surface area contributed by atoms with Gasteiger partial charge in [-0.15, -0.1) is 0 Å². The second-order valence-electron chi connectivity index (χ2n) is 6.02. The standard InChI is InChI=1S/C16H21N3O2S/c1-21-14-4-2-3-12(15(14)20)9-17-19-16(22)18-13-8-10-5-6-11(13)7-10/h2-4,9-11,13,20H,5-8H2,1H3,(H2,18,19,22)/b17-9-/t10-,11-,13+/m1/s1. The Morgan fingerprint density at radius 2 is 2.27 bits per heavy atom. The molecule has 0 heterocycles. The third kappa shape index (κ3) is 3.16. The fourth-order valence-corrected chi connectivity index (χ4v) is 3.79. The van der Waals surface area contributed by atoms with Gasteiger partial charge in [0, 0.05) is 11.6 Å². The van der Waals surface area contributed by atoms with E-state index in [0.29, 0.717) is 22.5 Å². The van der Waals surface area contributed by atoms with Gasteiger partial charge < -0.3 is 15.2 Å². The number of methoxy groups -OCH3 is 1. The number of ether oxygens (including phenoxy) is 1. The number of fused-ring (bicyclic) bond motifs is 2. The van der Waals surface area contributed by atoms with Crippen LogP contribution < -0.4 is 15.5 Å². The van der Waals surface area contributed by atoms with Gasteiger partial charge in [-0.1, -0.05) is 12.5 Å². The summed E-state index contributed by atoms with van der Waals surface area (Å²) in [6.07, 6.45) is 6.77. The molecule has 2 aliphatic carbocycles. The van der Waals surface area contributed by atoms with Crippen LogP contribution in [-0.4, -0.2) is 29.6 Å². The Balaban J connectivity index is 1.52. The molecule has 22 heavy (non-hydrogen) atoms. The first-order valence-electron chi connectivity index (χ1n) is 7.63. The van der Waals surface area contributed by atoms with Crippen LogP contribution in [0.5, 0.6) is 11.5 Å². The molecule has 2 fully saturated rings. The molecule has 2 saturated carbocycles. The third-order valence-corrected chi connectivity index (χ3v) is 4.88. The molecule has 0 radical (unpaired) electrons. The predicted molar refractivity (Wildman–Crippen MR) is 90.4 cm³/mol. The molecule has 2 bridgehead atoms. The molecular formula is C16H21N3O2S. The lowest BCUT2D eigenvalue weighted by molar-refractivity contribution is 0.373. The highest BCUT2D eigenvalue weighted by molar-refractivity contribution is 7.80. The van der Waals surface area contributed by atoms with Gasteiger partial charge in [0.25, 0.3) is 0 Å². The summed E-state index contributed by atoms with van der Waals surface area (Å²) in [5.41, 5.74) is 3.40. The van der Waals surface area contributed by atoms with E-state index in [4.69, 9.17) is 17.0 Å². The number of nitrogens with zero attached hydrogens (tertiary/aromatic N) is 1. The number of hydrogen-bond acceptors (Lipinski definition) is 4. The van der Waals surface area contributed by atoms with Crippen molar-refractivity contribution in [3.8, 4) is 11.5 Å². The van der Waals surface area contributed by atoms with Crippen LogP contribution >= 0.6 is 12.2 Å². The average Bonchev–Trinajstić information content (AvgIpc) is 3.11. The molecule has 2 aliphatic rings. The SMILES string of the molecule is COc1cccc(/C=N\NC(=S)N[C@H]2C[C@@H]3CC[C@@H]2C3)c1O. The molecule has 0 saturated heterocycles. The highest BCUT2D eigenvalue weighted by Crippen LogP contribution is 2.44. The van der Waals surface area contributed by atoms with E-state index in [9.17, 15) is 5.11 Å². The van der Waals surface area contributed by atoms with Gasteiger partial charge in [0.2, 0.25) is 0 Å². The molecule has 0 aromatic heterocycles. The lowest BCUT2D eigenvalue weighted by Crippen LogP contribution is -2.42. The largest absolute Gasteiger partial charge is 0.504 e. The maximum atomic E-state index is 9.96.